The molecule has 0 unspecified atom stereocenters. The third-order valence-electron chi connectivity index (χ3n) is 3.18. The topological polar surface area (TPSA) is 74.3 Å². The molecular formula is C12H18N4O2S. The first kappa shape index (κ1) is 13.8. The molecule has 2 amide bonds. The van der Waals surface area contributed by atoms with Gasteiger partial charge in [0.05, 0.1) is 17.8 Å². The van der Waals surface area contributed by atoms with Crippen LogP contribution in [0.3, 0.4) is 0 Å². The number of carbonyl (C=O) groups excluding carboxylic acids is 2. The lowest BCUT2D eigenvalue weighted by Gasteiger charge is -2.15. The van der Waals surface area contributed by atoms with E-state index in [1.54, 1.807) is 18.9 Å². The highest BCUT2D eigenvalue weighted by Crippen LogP contribution is 2.23. The molecule has 1 aromatic heterocycles. The molecule has 19 heavy (non-hydrogen) atoms. The smallest absolute Gasteiger partial charge is 0.256 e. The SMILES string of the molecule is CNc1snc(C)c1C(=O)NCC(=O)N1CCCC1. The second-order valence-corrected chi connectivity index (χ2v) is 5.27. The number of hydrogen-bond acceptors (Lipinski definition) is 5. The Morgan fingerprint density at radius 1 is 1.37 bits per heavy atom. The maximum absolute atomic E-state index is 12.1. The zero-order chi connectivity index (χ0) is 13.8. The van der Waals surface area contributed by atoms with Gasteiger partial charge >= 0.3 is 0 Å². The Morgan fingerprint density at radius 2 is 2.05 bits per heavy atom. The molecule has 0 spiro atoms. The van der Waals surface area contributed by atoms with Gasteiger partial charge < -0.3 is 15.5 Å². The van der Waals surface area contributed by atoms with Gasteiger partial charge in [0.2, 0.25) is 5.91 Å². The van der Waals surface area contributed by atoms with Crippen molar-refractivity contribution in [3.63, 3.8) is 0 Å². The van der Waals surface area contributed by atoms with E-state index in [1.165, 1.54) is 11.5 Å². The Labute approximate surface area is 116 Å². The van der Waals surface area contributed by atoms with Crippen molar-refractivity contribution in [1.29, 1.82) is 0 Å². The van der Waals surface area contributed by atoms with Crippen LogP contribution in [-0.2, 0) is 4.79 Å². The molecule has 104 valence electrons. The van der Waals surface area contributed by atoms with Crippen molar-refractivity contribution in [2.45, 2.75) is 19.8 Å². The number of nitrogens with one attached hydrogen (secondary N) is 2. The molecule has 0 saturated carbocycles. The van der Waals surface area contributed by atoms with E-state index in [0.717, 1.165) is 30.9 Å². The van der Waals surface area contributed by atoms with Gasteiger partial charge in [-0.05, 0) is 31.3 Å². The van der Waals surface area contributed by atoms with Crippen molar-refractivity contribution < 1.29 is 9.59 Å². The third kappa shape index (κ3) is 3.04. The van der Waals surface area contributed by atoms with Crippen LogP contribution in [0.1, 0.15) is 28.9 Å². The summed E-state index contributed by atoms with van der Waals surface area (Å²) >= 11 is 1.25. The van der Waals surface area contributed by atoms with Gasteiger partial charge in [-0.25, -0.2) is 0 Å². The van der Waals surface area contributed by atoms with E-state index in [9.17, 15) is 9.59 Å². The maximum Gasteiger partial charge on any atom is 0.256 e. The minimum Gasteiger partial charge on any atom is -0.378 e. The van der Waals surface area contributed by atoms with Crippen LogP contribution in [0.5, 0.6) is 0 Å². The highest BCUT2D eigenvalue weighted by atomic mass is 32.1. The largest absolute Gasteiger partial charge is 0.378 e. The van der Waals surface area contributed by atoms with Gasteiger partial charge in [-0.1, -0.05) is 0 Å². The fraction of sp³-hybridized carbons (Fsp3) is 0.583. The van der Waals surface area contributed by atoms with Crippen molar-refractivity contribution in [3.8, 4) is 0 Å². The predicted octanol–water partition coefficient (Wildman–Crippen LogP) is 0.845. The molecule has 1 aliphatic rings. The molecular weight excluding hydrogens is 264 g/mol. The molecule has 1 fully saturated rings. The molecule has 2 N–H and O–H groups in total. The van der Waals surface area contributed by atoms with Crippen molar-refractivity contribution in [1.82, 2.24) is 14.6 Å². The third-order valence-corrected chi connectivity index (χ3v) is 4.13. The molecule has 1 saturated heterocycles. The second-order valence-electron chi connectivity index (χ2n) is 4.49. The summed E-state index contributed by atoms with van der Waals surface area (Å²) in [5, 5.41) is 6.34. The Morgan fingerprint density at radius 3 is 2.68 bits per heavy atom. The van der Waals surface area contributed by atoms with Gasteiger partial charge in [-0.2, -0.15) is 4.37 Å². The van der Waals surface area contributed by atoms with Gasteiger partial charge in [-0.3, -0.25) is 9.59 Å². The molecule has 0 aromatic carbocycles. The van der Waals surface area contributed by atoms with Gasteiger partial charge in [0.15, 0.2) is 0 Å². The molecule has 7 heteroatoms. The summed E-state index contributed by atoms with van der Waals surface area (Å²) in [6.07, 6.45) is 2.11. The number of likely N-dealkylation sites (tertiary alicyclic amines) is 1. The Balaban J connectivity index is 1.93. The molecule has 6 nitrogen and oxygen atoms in total. The van der Waals surface area contributed by atoms with E-state index >= 15 is 0 Å². The minimum absolute atomic E-state index is 0.0160. The van der Waals surface area contributed by atoms with Gasteiger partial charge in [-0.15, -0.1) is 0 Å². The summed E-state index contributed by atoms with van der Waals surface area (Å²) in [7, 11) is 1.75. The molecule has 1 aromatic rings. The number of rotatable bonds is 4. The van der Waals surface area contributed by atoms with Crippen LogP contribution in [0.15, 0.2) is 0 Å². The minimum atomic E-state index is -0.247. The van der Waals surface area contributed by atoms with E-state index in [1.807, 2.05) is 0 Å². The summed E-state index contributed by atoms with van der Waals surface area (Å²) in [5.74, 6) is -0.263. The average molecular weight is 282 g/mol. The number of aromatic nitrogens is 1. The maximum atomic E-state index is 12.1. The van der Waals surface area contributed by atoms with Crippen LogP contribution in [0.25, 0.3) is 0 Å². The molecule has 0 atom stereocenters. The fourth-order valence-corrected chi connectivity index (χ4v) is 2.87. The summed E-state index contributed by atoms with van der Waals surface area (Å²) in [4.78, 5) is 25.7. The van der Waals surface area contributed by atoms with E-state index in [2.05, 4.69) is 15.0 Å². The molecule has 2 heterocycles. The molecule has 0 aliphatic carbocycles. The lowest BCUT2D eigenvalue weighted by atomic mass is 10.2. The highest BCUT2D eigenvalue weighted by Gasteiger charge is 2.21. The molecule has 0 radical (unpaired) electrons. The van der Waals surface area contributed by atoms with Crippen LogP contribution >= 0.6 is 11.5 Å². The standard InChI is InChI=1S/C12H18N4O2S/c1-8-10(12(13-2)19-15-8)11(18)14-7-9(17)16-5-3-4-6-16/h13H,3-7H2,1-2H3,(H,14,18). The number of amides is 2. The van der Waals surface area contributed by atoms with E-state index in [-0.39, 0.29) is 18.4 Å². The Kier molecular flexibility index (Phi) is 4.36. The number of anilines is 1. The first-order chi connectivity index (χ1) is 9.13. The van der Waals surface area contributed by atoms with Crippen molar-refractivity contribution >= 4 is 28.3 Å². The van der Waals surface area contributed by atoms with Crippen LogP contribution in [-0.4, -0.2) is 47.8 Å². The number of carbonyl (C=O) groups is 2. The zero-order valence-electron chi connectivity index (χ0n) is 11.2. The monoisotopic (exact) mass is 282 g/mol. The van der Waals surface area contributed by atoms with E-state index in [4.69, 9.17) is 0 Å². The second kappa shape index (κ2) is 6.01. The molecule has 0 bridgehead atoms. The average Bonchev–Trinajstić information content (AvgIpc) is 3.04. The lowest BCUT2D eigenvalue weighted by molar-refractivity contribution is -0.129. The lowest BCUT2D eigenvalue weighted by Crippen LogP contribution is -2.38. The summed E-state index contributed by atoms with van der Waals surface area (Å²) in [6, 6.07) is 0. The first-order valence-corrected chi connectivity index (χ1v) is 7.11. The van der Waals surface area contributed by atoms with Crippen LogP contribution < -0.4 is 10.6 Å². The highest BCUT2D eigenvalue weighted by molar-refractivity contribution is 7.10. The number of aryl methyl sites for hydroxylation is 1. The number of nitrogens with zero attached hydrogens (tertiary/aromatic N) is 2. The summed E-state index contributed by atoms with van der Waals surface area (Å²) < 4.78 is 4.14. The molecule has 2 rings (SSSR count). The van der Waals surface area contributed by atoms with Crippen LogP contribution in [0.4, 0.5) is 5.00 Å². The van der Waals surface area contributed by atoms with Crippen LogP contribution in [0, 0.1) is 6.92 Å². The van der Waals surface area contributed by atoms with Crippen molar-refractivity contribution in [2.24, 2.45) is 0 Å². The van der Waals surface area contributed by atoms with Crippen LogP contribution in [0.2, 0.25) is 0 Å². The summed E-state index contributed by atoms with van der Waals surface area (Å²) in [5.41, 5.74) is 1.21. The predicted molar refractivity (Wildman–Crippen MR) is 74.5 cm³/mol. The van der Waals surface area contributed by atoms with Gasteiger partial charge in [0.25, 0.3) is 5.91 Å². The fourth-order valence-electron chi connectivity index (χ4n) is 2.13. The van der Waals surface area contributed by atoms with Gasteiger partial charge in [0.1, 0.15) is 5.00 Å². The quantitative estimate of drug-likeness (QED) is 0.858. The van der Waals surface area contributed by atoms with Crippen molar-refractivity contribution in [2.75, 3.05) is 32.0 Å². The number of hydrogen-bond donors (Lipinski definition) is 2. The normalized spacial score (nSPS) is 14.5. The Bertz CT molecular complexity index is 480. The van der Waals surface area contributed by atoms with E-state index < -0.39 is 0 Å². The Hall–Kier alpha value is -1.63. The molecule has 1 aliphatic heterocycles. The van der Waals surface area contributed by atoms with Gasteiger partial charge in [0, 0.05) is 20.1 Å². The van der Waals surface area contributed by atoms with Crippen molar-refractivity contribution in [3.05, 3.63) is 11.3 Å². The van der Waals surface area contributed by atoms with E-state index in [0.29, 0.717) is 11.3 Å². The summed E-state index contributed by atoms with van der Waals surface area (Å²) in [6.45, 7) is 3.44. The zero-order valence-corrected chi connectivity index (χ0v) is 12.0. The first-order valence-electron chi connectivity index (χ1n) is 6.33.